The van der Waals surface area contributed by atoms with Crippen LogP contribution in [-0.4, -0.2) is 24.9 Å². The molecule has 0 radical (unpaired) electrons. The van der Waals surface area contributed by atoms with Crippen LogP contribution in [0.15, 0.2) is 30.3 Å². The molecule has 1 aromatic rings. The first kappa shape index (κ1) is 13.4. The number of hydrogen-bond donors (Lipinski definition) is 1. The summed E-state index contributed by atoms with van der Waals surface area (Å²) >= 11 is 0. The van der Waals surface area contributed by atoms with E-state index in [2.05, 4.69) is 0 Å². The predicted octanol–water partition coefficient (Wildman–Crippen LogP) is 2.93. The van der Waals surface area contributed by atoms with E-state index in [0.29, 0.717) is 18.4 Å². The van der Waals surface area contributed by atoms with Gasteiger partial charge in [0, 0.05) is 6.04 Å². The number of ether oxygens (including phenoxy) is 1. The van der Waals surface area contributed by atoms with Crippen LogP contribution in [0.2, 0.25) is 0 Å². The van der Waals surface area contributed by atoms with Gasteiger partial charge in [0.25, 0.3) is 0 Å². The molecule has 4 heteroatoms. The Morgan fingerprint density at radius 2 is 2.00 bits per heavy atom. The highest BCUT2D eigenvalue weighted by molar-refractivity contribution is 5.17. The van der Waals surface area contributed by atoms with Crippen molar-refractivity contribution in [1.29, 1.82) is 0 Å². The highest BCUT2D eigenvalue weighted by Gasteiger charge is 2.30. The van der Waals surface area contributed by atoms with Gasteiger partial charge in [-0.2, -0.15) is 0 Å². The number of nitrogens with two attached hydrogens (primary N) is 1. The van der Waals surface area contributed by atoms with Crippen molar-refractivity contribution in [2.45, 2.75) is 43.8 Å². The summed E-state index contributed by atoms with van der Waals surface area (Å²) in [5.74, 6) is 0. The van der Waals surface area contributed by atoms with E-state index >= 15 is 0 Å². The summed E-state index contributed by atoms with van der Waals surface area (Å²) in [4.78, 5) is 0. The van der Waals surface area contributed by atoms with E-state index in [-0.39, 0.29) is 12.6 Å². The van der Waals surface area contributed by atoms with Crippen molar-refractivity contribution in [3.05, 3.63) is 35.9 Å². The summed E-state index contributed by atoms with van der Waals surface area (Å²) < 4.78 is 32.8. The molecule has 2 nitrogen and oxygen atoms in total. The standard InChI is InChI=1S/C14H19F2NO/c15-12-8-11(17)6-7-14(12)18-9-13(16)10-4-2-1-3-5-10/h1-5,11-14H,6-9,17H2/t11-,12-,13-,14-/m0/s1. The summed E-state index contributed by atoms with van der Waals surface area (Å²) in [5, 5.41) is 0. The van der Waals surface area contributed by atoms with Gasteiger partial charge in [-0.15, -0.1) is 0 Å². The van der Waals surface area contributed by atoms with Crippen molar-refractivity contribution in [3.63, 3.8) is 0 Å². The first-order valence-electron chi connectivity index (χ1n) is 6.37. The Morgan fingerprint density at radius 3 is 2.67 bits per heavy atom. The second-order valence-electron chi connectivity index (χ2n) is 4.84. The Kier molecular flexibility index (Phi) is 4.66. The first-order chi connectivity index (χ1) is 8.66. The fraction of sp³-hybridized carbons (Fsp3) is 0.571. The lowest BCUT2D eigenvalue weighted by atomic mass is 9.92. The summed E-state index contributed by atoms with van der Waals surface area (Å²) in [6, 6.07) is 8.71. The number of rotatable bonds is 4. The fourth-order valence-electron chi connectivity index (χ4n) is 2.27. The molecule has 0 bridgehead atoms. The maximum Gasteiger partial charge on any atom is 0.148 e. The van der Waals surface area contributed by atoms with Crippen LogP contribution < -0.4 is 5.73 Å². The van der Waals surface area contributed by atoms with Gasteiger partial charge in [-0.3, -0.25) is 0 Å². The zero-order valence-corrected chi connectivity index (χ0v) is 10.3. The van der Waals surface area contributed by atoms with Crippen LogP contribution in [0.5, 0.6) is 0 Å². The van der Waals surface area contributed by atoms with Crippen LogP contribution in [0.3, 0.4) is 0 Å². The van der Waals surface area contributed by atoms with Gasteiger partial charge in [-0.25, -0.2) is 8.78 Å². The average Bonchev–Trinajstić information content (AvgIpc) is 2.38. The third-order valence-electron chi connectivity index (χ3n) is 3.37. The Morgan fingerprint density at radius 1 is 1.28 bits per heavy atom. The van der Waals surface area contributed by atoms with Crippen LogP contribution in [-0.2, 0) is 4.74 Å². The minimum Gasteiger partial charge on any atom is -0.372 e. The Hall–Kier alpha value is -1.00. The minimum atomic E-state index is -1.20. The van der Waals surface area contributed by atoms with Crippen LogP contribution >= 0.6 is 0 Å². The van der Waals surface area contributed by atoms with E-state index in [1.807, 2.05) is 6.07 Å². The molecule has 100 valence electrons. The SMILES string of the molecule is N[C@H]1CC[C@H](OC[C@H](F)c2ccccc2)[C@@H](F)C1. The molecule has 0 saturated heterocycles. The molecule has 0 heterocycles. The Balaban J connectivity index is 1.81. The van der Waals surface area contributed by atoms with Gasteiger partial charge in [0.1, 0.15) is 12.3 Å². The molecule has 0 aliphatic heterocycles. The number of hydrogen-bond acceptors (Lipinski definition) is 2. The second-order valence-corrected chi connectivity index (χ2v) is 4.84. The molecular weight excluding hydrogens is 236 g/mol. The van der Waals surface area contributed by atoms with Crippen LogP contribution in [0.4, 0.5) is 8.78 Å². The quantitative estimate of drug-likeness (QED) is 0.897. The van der Waals surface area contributed by atoms with Crippen molar-refractivity contribution in [3.8, 4) is 0 Å². The third-order valence-corrected chi connectivity index (χ3v) is 3.37. The molecule has 4 atom stereocenters. The van der Waals surface area contributed by atoms with Crippen molar-refractivity contribution >= 4 is 0 Å². The monoisotopic (exact) mass is 255 g/mol. The molecule has 0 unspecified atom stereocenters. The van der Waals surface area contributed by atoms with E-state index in [4.69, 9.17) is 10.5 Å². The molecule has 1 fully saturated rings. The molecule has 2 rings (SSSR count). The molecule has 1 saturated carbocycles. The average molecular weight is 255 g/mol. The number of halogens is 2. The summed E-state index contributed by atoms with van der Waals surface area (Å²) in [6.07, 6.45) is -1.15. The van der Waals surface area contributed by atoms with Crippen molar-refractivity contribution in [1.82, 2.24) is 0 Å². The number of benzene rings is 1. The summed E-state index contributed by atoms with van der Waals surface area (Å²) in [5.41, 5.74) is 6.23. The van der Waals surface area contributed by atoms with Crippen LogP contribution in [0.1, 0.15) is 31.0 Å². The largest absolute Gasteiger partial charge is 0.372 e. The fourth-order valence-corrected chi connectivity index (χ4v) is 2.27. The minimum absolute atomic E-state index is 0.0878. The maximum absolute atomic E-state index is 13.8. The Labute approximate surface area is 106 Å². The highest BCUT2D eigenvalue weighted by atomic mass is 19.1. The molecule has 2 N–H and O–H groups in total. The van der Waals surface area contributed by atoms with Crippen LogP contribution in [0.25, 0.3) is 0 Å². The van der Waals surface area contributed by atoms with E-state index in [9.17, 15) is 8.78 Å². The molecule has 0 spiro atoms. The zero-order valence-electron chi connectivity index (χ0n) is 10.3. The summed E-state index contributed by atoms with van der Waals surface area (Å²) in [7, 11) is 0. The van der Waals surface area contributed by atoms with Gasteiger partial charge in [0.2, 0.25) is 0 Å². The molecule has 1 aliphatic rings. The third kappa shape index (κ3) is 3.50. The van der Waals surface area contributed by atoms with Crippen molar-refractivity contribution in [2.75, 3.05) is 6.61 Å². The highest BCUT2D eigenvalue weighted by Crippen LogP contribution is 2.25. The van der Waals surface area contributed by atoms with Crippen molar-refractivity contribution < 1.29 is 13.5 Å². The van der Waals surface area contributed by atoms with Gasteiger partial charge in [0.15, 0.2) is 0 Å². The lowest BCUT2D eigenvalue weighted by Crippen LogP contribution is -2.39. The summed E-state index contributed by atoms with van der Waals surface area (Å²) in [6.45, 7) is -0.0929. The first-order valence-corrected chi connectivity index (χ1v) is 6.37. The molecule has 1 aliphatic carbocycles. The molecular formula is C14H19F2NO. The molecule has 0 amide bonds. The van der Waals surface area contributed by atoms with Crippen molar-refractivity contribution in [2.24, 2.45) is 5.73 Å². The van der Waals surface area contributed by atoms with Crippen LogP contribution in [0, 0.1) is 0 Å². The molecule has 1 aromatic carbocycles. The van der Waals surface area contributed by atoms with Gasteiger partial charge in [-0.1, -0.05) is 30.3 Å². The van der Waals surface area contributed by atoms with Gasteiger partial charge in [-0.05, 0) is 24.8 Å². The van der Waals surface area contributed by atoms with Gasteiger partial charge >= 0.3 is 0 Å². The number of alkyl halides is 2. The van der Waals surface area contributed by atoms with E-state index in [0.717, 1.165) is 6.42 Å². The van der Waals surface area contributed by atoms with E-state index < -0.39 is 18.4 Å². The smallest absolute Gasteiger partial charge is 0.148 e. The zero-order chi connectivity index (χ0) is 13.0. The van der Waals surface area contributed by atoms with Gasteiger partial charge < -0.3 is 10.5 Å². The van der Waals surface area contributed by atoms with E-state index in [1.54, 1.807) is 24.3 Å². The second kappa shape index (κ2) is 6.25. The predicted molar refractivity (Wildman–Crippen MR) is 66.8 cm³/mol. The van der Waals surface area contributed by atoms with E-state index in [1.165, 1.54) is 0 Å². The molecule has 18 heavy (non-hydrogen) atoms. The normalized spacial score (nSPS) is 30.1. The lowest BCUT2D eigenvalue weighted by Gasteiger charge is -2.30. The lowest BCUT2D eigenvalue weighted by molar-refractivity contribution is -0.0466. The molecule has 0 aromatic heterocycles. The van der Waals surface area contributed by atoms with Gasteiger partial charge in [0.05, 0.1) is 12.7 Å². The Bertz CT molecular complexity index is 360. The topological polar surface area (TPSA) is 35.2 Å². The maximum atomic E-state index is 13.8.